The average molecular weight is 240 g/mol. The first-order valence-electron chi connectivity index (χ1n) is 6.77. The van der Waals surface area contributed by atoms with E-state index in [2.05, 4.69) is 39.5 Å². The number of rotatable bonds is 5. The van der Waals surface area contributed by atoms with Gasteiger partial charge in [0.05, 0.1) is 0 Å². The molecule has 1 amide bonds. The molecule has 1 aliphatic rings. The third kappa shape index (κ3) is 4.66. The molecular formula is C14H28N2O. The quantitative estimate of drug-likeness (QED) is 0.802. The Morgan fingerprint density at radius 2 is 1.88 bits per heavy atom. The van der Waals surface area contributed by atoms with E-state index in [1.807, 2.05) is 0 Å². The maximum Gasteiger partial charge on any atom is 0.224 e. The minimum atomic E-state index is -0.0524. The lowest BCUT2D eigenvalue weighted by molar-refractivity contribution is -0.133. The molecular weight excluding hydrogens is 212 g/mol. The van der Waals surface area contributed by atoms with Crippen molar-refractivity contribution >= 4 is 5.91 Å². The number of nitrogens with zero attached hydrogens (tertiary/aromatic N) is 1. The molecule has 0 radical (unpaired) electrons. The van der Waals surface area contributed by atoms with Gasteiger partial charge < -0.3 is 10.6 Å². The van der Waals surface area contributed by atoms with Gasteiger partial charge in [-0.25, -0.2) is 0 Å². The van der Waals surface area contributed by atoms with Crippen LogP contribution in [0.2, 0.25) is 0 Å². The third-order valence-corrected chi connectivity index (χ3v) is 3.38. The zero-order valence-corrected chi connectivity index (χ0v) is 12.0. The summed E-state index contributed by atoms with van der Waals surface area (Å²) >= 11 is 0. The Balaban J connectivity index is 2.53. The van der Waals surface area contributed by atoms with E-state index in [1.165, 1.54) is 12.8 Å². The van der Waals surface area contributed by atoms with Crippen molar-refractivity contribution < 1.29 is 4.79 Å². The number of nitrogens with two attached hydrogens (primary N) is 1. The standard InChI is InChI=1S/C14H28N2O/c1-10(2)9-16(11-6-7-11)13(17)8-12(15)14(3,4)5/h10-12H,6-9,15H2,1-5H3. The molecule has 1 atom stereocenters. The van der Waals surface area contributed by atoms with Gasteiger partial charge in [0, 0.05) is 25.0 Å². The van der Waals surface area contributed by atoms with Crippen LogP contribution in [0.25, 0.3) is 0 Å². The molecule has 2 N–H and O–H groups in total. The molecule has 0 saturated heterocycles. The molecule has 0 heterocycles. The third-order valence-electron chi connectivity index (χ3n) is 3.38. The van der Waals surface area contributed by atoms with Crippen LogP contribution in [0.4, 0.5) is 0 Å². The second-order valence-corrected chi connectivity index (χ2v) is 6.85. The summed E-state index contributed by atoms with van der Waals surface area (Å²) in [6.45, 7) is 11.5. The molecule has 17 heavy (non-hydrogen) atoms. The lowest BCUT2D eigenvalue weighted by Crippen LogP contribution is -2.43. The summed E-state index contributed by atoms with van der Waals surface area (Å²) in [6, 6.07) is 0.445. The predicted molar refractivity (Wildman–Crippen MR) is 71.6 cm³/mol. The van der Waals surface area contributed by atoms with Gasteiger partial charge in [0.1, 0.15) is 0 Å². The lowest BCUT2D eigenvalue weighted by Gasteiger charge is -2.30. The molecule has 3 heteroatoms. The van der Waals surface area contributed by atoms with Crippen molar-refractivity contribution in [1.82, 2.24) is 4.90 Å². The first kappa shape index (κ1) is 14.5. The fourth-order valence-electron chi connectivity index (χ4n) is 1.85. The van der Waals surface area contributed by atoms with Gasteiger partial charge in [-0.05, 0) is 24.2 Å². The van der Waals surface area contributed by atoms with Crippen molar-refractivity contribution in [2.45, 2.75) is 66.0 Å². The molecule has 0 aromatic heterocycles. The molecule has 100 valence electrons. The van der Waals surface area contributed by atoms with Gasteiger partial charge in [-0.1, -0.05) is 34.6 Å². The van der Waals surface area contributed by atoms with Crippen LogP contribution in [0, 0.1) is 11.3 Å². The van der Waals surface area contributed by atoms with E-state index < -0.39 is 0 Å². The molecule has 0 aromatic rings. The zero-order chi connectivity index (χ0) is 13.2. The number of carbonyl (C=O) groups excluding carboxylic acids is 1. The SMILES string of the molecule is CC(C)CN(C(=O)CC(N)C(C)(C)C)C1CC1. The minimum Gasteiger partial charge on any atom is -0.339 e. The van der Waals surface area contributed by atoms with Gasteiger partial charge in [-0.3, -0.25) is 4.79 Å². The van der Waals surface area contributed by atoms with Crippen LogP contribution in [0.15, 0.2) is 0 Å². The largest absolute Gasteiger partial charge is 0.339 e. The highest BCUT2D eigenvalue weighted by atomic mass is 16.2. The summed E-state index contributed by atoms with van der Waals surface area (Å²) in [7, 11) is 0. The molecule has 0 bridgehead atoms. The Labute approximate surface area is 106 Å². The molecule has 0 aromatic carbocycles. The Bertz CT molecular complexity index is 264. The monoisotopic (exact) mass is 240 g/mol. The summed E-state index contributed by atoms with van der Waals surface area (Å²) in [5.74, 6) is 0.772. The highest BCUT2D eigenvalue weighted by Gasteiger charge is 2.34. The first-order valence-corrected chi connectivity index (χ1v) is 6.77. The molecule has 0 aliphatic heterocycles. The number of amides is 1. The van der Waals surface area contributed by atoms with Crippen molar-refractivity contribution in [3.05, 3.63) is 0 Å². The van der Waals surface area contributed by atoms with Crippen molar-refractivity contribution in [1.29, 1.82) is 0 Å². The van der Waals surface area contributed by atoms with E-state index in [-0.39, 0.29) is 17.4 Å². The fraction of sp³-hybridized carbons (Fsp3) is 0.929. The Morgan fingerprint density at radius 3 is 2.24 bits per heavy atom. The molecule has 1 fully saturated rings. The van der Waals surface area contributed by atoms with E-state index >= 15 is 0 Å². The normalized spacial score (nSPS) is 18.3. The maximum atomic E-state index is 12.3. The molecule has 1 saturated carbocycles. The molecule has 3 nitrogen and oxygen atoms in total. The lowest BCUT2D eigenvalue weighted by atomic mass is 9.85. The molecule has 1 aliphatic carbocycles. The molecule has 1 rings (SSSR count). The summed E-state index contributed by atoms with van der Waals surface area (Å²) in [4.78, 5) is 14.3. The predicted octanol–water partition coefficient (Wildman–Crippen LogP) is 2.40. The Kier molecular flexibility index (Phi) is 4.59. The van der Waals surface area contributed by atoms with Crippen LogP contribution in [0.3, 0.4) is 0 Å². The average Bonchev–Trinajstić information content (AvgIpc) is 2.95. The van der Waals surface area contributed by atoms with Gasteiger partial charge in [-0.15, -0.1) is 0 Å². The second-order valence-electron chi connectivity index (χ2n) is 6.85. The summed E-state index contributed by atoms with van der Waals surface area (Å²) in [5.41, 5.74) is 6.10. The highest BCUT2D eigenvalue weighted by molar-refractivity contribution is 5.77. The first-order chi connectivity index (χ1) is 7.71. The topological polar surface area (TPSA) is 46.3 Å². The van der Waals surface area contributed by atoms with Crippen LogP contribution < -0.4 is 5.73 Å². The van der Waals surface area contributed by atoms with E-state index in [0.29, 0.717) is 18.4 Å². The van der Waals surface area contributed by atoms with Gasteiger partial charge in [0.2, 0.25) is 5.91 Å². The Morgan fingerprint density at radius 1 is 1.35 bits per heavy atom. The van der Waals surface area contributed by atoms with Crippen LogP contribution in [0.1, 0.15) is 53.9 Å². The Hall–Kier alpha value is -0.570. The van der Waals surface area contributed by atoms with Crippen LogP contribution in [0.5, 0.6) is 0 Å². The van der Waals surface area contributed by atoms with Crippen molar-refractivity contribution in [2.75, 3.05) is 6.54 Å². The van der Waals surface area contributed by atoms with E-state index in [1.54, 1.807) is 0 Å². The van der Waals surface area contributed by atoms with Gasteiger partial charge in [0.15, 0.2) is 0 Å². The summed E-state index contributed by atoms with van der Waals surface area (Å²) in [5, 5.41) is 0. The number of carbonyl (C=O) groups is 1. The summed E-state index contributed by atoms with van der Waals surface area (Å²) < 4.78 is 0. The second kappa shape index (κ2) is 5.38. The van der Waals surface area contributed by atoms with Crippen LogP contribution >= 0.6 is 0 Å². The highest BCUT2D eigenvalue weighted by Crippen LogP contribution is 2.29. The van der Waals surface area contributed by atoms with Crippen LogP contribution in [-0.4, -0.2) is 29.4 Å². The summed E-state index contributed by atoms with van der Waals surface area (Å²) in [6.07, 6.45) is 2.82. The van der Waals surface area contributed by atoms with Crippen molar-refractivity contribution in [3.63, 3.8) is 0 Å². The van der Waals surface area contributed by atoms with Gasteiger partial charge in [0.25, 0.3) is 0 Å². The van der Waals surface area contributed by atoms with Gasteiger partial charge >= 0.3 is 0 Å². The van der Waals surface area contributed by atoms with Crippen molar-refractivity contribution in [3.8, 4) is 0 Å². The van der Waals surface area contributed by atoms with E-state index in [4.69, 9.17) is 5.73 Å². The van der Waals surface area contributed by atoms with E-state index in [0.717, 1.165) is 6.54 Å². The molecule has 0 spiro atoms. The fourth-order valence-corrected chi connectivity index (χ4v) is 1.85. The number of hydrogen-bond donors (Lipinski definition) is 1. The maximum absolute atomic E-state index is 12.3. The smallest absolute Gasteiger partial charge is 0.224 e. The van der Waals surface area contributed by atoms with Crippen molar-refractivity contribution in [2.24, 2.45) is 17.1 Å². The number of hydrogen-bond acceptors (Lipinski definition) is 2. The van der Waals surface area contributed by atoms with Crippen LogP contribution in [-0.2, 0) is 4.79 Å². The van der Waals surface area contributed by atoms with Gasteiger partial charge in [-0.2, -0.15) is 0 Å². The zero-order valence-electron chi connectivity index (χ0n) is 12.0. The van der Waals surface area contributed by atoms with E-state index in [9.17, 15) is 4.79 Å². The molecule has 1 unspecified atom stereocenters. The minimum absolute atomic E-state index is 0.00269.